The third-order valence-electron chi connectivity index (χ3n) is 5.84. The number of benzene rings is 1. The largest absolute Gasteiger partial charge is 0.345 e. The summed E-state index contributed by atoms with van der Waals surface area (Å²) < 4.78 is 2.84. The van der Waals surface area contributed by atoms with Gasteiger partial charge in [0.05, 0.1) is 27.5 Å². The third-order valence-corrected chi connectivity index (χ3v) is 6.60. The molecule has 2 aliphatic carbocycles. The number of fused-ring (bicyclic) bond motifs is 2. The SMILES string of the molecule is CC(C)c1c(C(=O)N[C@H]2CCc3ccccc32)cnc2c(Br)c(C3CC3)nn12. The van der Waals surface area contributed by atoms with Crippen molar-refractivity contribution in [3.8, 4) is 0 Å². The van der Waals surface area contributed by atoms with E-state index in [1.165, 1.54) is 24.0 Å². The number of nitrogens with one attached hydrogen (secondary N) is 1. The molecule has 144 valence electrons. The molecule has 1 saturated carbocycles. The van der Waals surface area contributed by atoms with E-state index in [2.05, 4.69) is 58.3 Å². The van der Waals surface area contributed by atoms with E-state index >= 15 is 0 Å². The Kier molecular flexibility index (Phi) is 4.27. The summed E-state index contributed by atoms with van der Waals surface area (Å²) in [6.45, 7) is 4.20. The molecule has 2 heterocycles. The zero-order chi connectivity index (χ0) is 19.4. The normalized spacial score (nSPS) is 18.6. The second-order valence-electron chi connectivity index (χ2n) is 8.18. The van der Waals surface area contributed by atoms with Gasteiger partial charge in [-0.25, -0.2) is 9.50 Å². The zero-order valence-electron chi connectivity index (χ0n) is 16.1. The Morgan fingerprint density at radius 1 is 1.25 bits per heavy atom. The van der Waals surface area contributed by atoms with Gasteiger partial charge < -0.3 is 5.32 Å². The maximum absolute atomic E-state index is 13.2. The summed E-state index contributed by atoms with van der Waals surface area (Å²) in [5, 5.41) is 8.07. The van der Waals surface area contributed by atoms with Crippen LogP contribution in [-0.2, 0) is 6.42 Å². The molecule has 1 amide bonds. The van der Waals surface area contributed by atoms with Gasteiger partial charge in [-0.1, -0.05) is 38.1 Å². The van der Waals surface area contributed by atoms with Gasteiger partial charge in [0.25, 0.3) is 5.91 Å². The third kappa shape index (κ3) is 2.85. The molecule has 2 aliphatic rings. The molecule has 5 rings (SSSR count). The Morgan fingerprint density at radius 2 is 2.04 bits per heavy atom. The number of hydrogen-bond donors (Lipinski definition) is 1. The Labute approximate surface area is 172 Å². The molecule has 1 N–H and O–H groups in total. The van der Waals surface area contributed by atoms with Crippen molar-refractivity contribution >= 4 is 27.5 Å². The van der Waals surface area contributed by atoms with E-state index in [0.29, 0.717) is 11.5 Å². The van der Waals surface area contributed by atoms with E-state index in [9.17, 15) is 4.79 Å². The number of aromatic nitrogens is 3. The summed E-state index contributed by atoms with van der Waals surface area (Å²) in [7, 11) is 0. The maximum atomic E-state index is 13.2. The number of carbonyl (C=O) groups is 1. The summed E-state index contributed by atoms with van der Waals surface area (Å²) >= 11 is 3.68. The number of rotatable bonds is 4. The van der Waals surface area contributed by atoms with Gasteiger partial charge in [0, 0.05) is 12.1 Å². The lowest BCUT2D eigenvalue weighted by Crippen LogP contribution is -2.29. The fraction of sp³-hybridized carbons (Fsp3) is 0.409. The van der Waals surface area contributed by atoms with Gasteiger partial charge in [-0.3, -0.25) is 4.79 Å². The van der Waals surface area contributed by atoms with Crippen LogP contribution in [0.2, 0.25) is 0 Å². The smallest absolute Gasteiger partial charge is 0.255 e. The standard InChI is InChI=1S/C22H23BrN4O/c1-12(2)20-16(11-24-21-18(23)19(14-7-8-14)26-27(20)21)22(28)25-17-10-9-13-5-3-4-6-15(13)17/h3-6,11-12,14,17H,7-10H2,1-2H3,(H,25,28)/t17-/m0/s1. The average molecular weight is 439 g/mol. The van der Waals surface area contributed by atoms with Crippen LogP contribution in [0.25, 0.3) is 5.65 Å². The lowest BCUT2D eigenvalue weighted by atomic mass is 10.0. The molecule has 0 unspecified atom stereocenters. The molecule has 1 fully saturated rings. The second-order valence-corrected chi connectivity index (χ2v) is 8.98. The van der Waals surface area contributed by atoms with Crippen LogP contribution in [0, 0.1) is 0 Å². The predicted molar refractivity (Wildman–Crippen MR) is 112 cm³/mol. The molecule has 1 atom stereocenters. The number of aryl methyl sites for hydroxylation is 1. The van der Waals surface area contributed by atoms with Crippen LogP contribution in [0.1, 0.15) is 83.9 Å². The molecule has 28 heavy (non-hydrogen) atoms. The van der Waals surface area contributed by atoms with Crippen molar-refractivity contribution in [2.45, 2.75) is 57.4 Å². The van der Waals surface area contributed by atoms with E-state index in [-0.39, 0.29) is 17.9 Å². The number of amides is 1. The molecule has 2 aromatic heterocycles. The lowest BCUT2D eigenvalue weighted by Gasteiger charge is -2.18. The highest BCUT2D eigenvalue weighted by Crippen LogP contribution is 2.44. The molecule has 0 radical (unpaired) electrons. The monoisotopic (exact) mass is 438 g/mol. The van der Waals surface area contributed by atoms with Gasteiger partial charge >= 0.3 is 0 Å². The van der Waals surface area contributed by atoms with Crippen molar-refractivity contribution in [1.82, 2.24) is 19.9 Å². The Morgan fingerprint density at radius 3 is 2.79 bits per heavy atom. The molecule has 6 heteroatoms. The fourth-order valence-electron chi connectivity index (χ4n) is 4.28. The van der Waals surface area contributed by atoms with Crippen LogP contribution in [0.15, 0.2) is 34.9 Å². The molecule has 3 aromatic rings. The van der Waals surface area contributed by atoms with E-state index in [1.807, 2.05) is 10.6 Å². The van der Waals surface area contributed by atoms with Crippen molar-refractivity contribution < 1.29 is 4.79 Å². The van der Waals surface area contributed by atoms with Gasteiger partial charge in [0.1, 0.15) is 0 Å². The predicted octanol–water partition coefficient (Wildman–Crippen LogP) is 4.91. The quantitative estimate of drug-likeness (QED) is 0.629. The van der Waals surface area contributed by atoms with Crippen LogP contribution in [0.4, 0.5) is 0 Å². The van der Waals surface area contributed by atoms with Gasteiger partial charge in [0.15, 0.2) is 5.65 Å². The zero-order valence-corrected chi connectivity index (χ0v) is 17.7. The van der Waals surface area contributed by atoms with Crippen LogP contribution >= 0.6 is 15.9 Å². The minimum atomic E-state index is -0.0700. The topological polar surface area (TPSA) is 59.3 Å². The fourth-order valence-corrected chi connectivity index (χ4v) is 4.96. The van der Waals surface area contributed by atoms with Crippen molar-refractivity contribution in [2.24, 2.45) is 0 Å². The summed E-state index contributed by atoms with van der Waals surface area (Å²) in [5.41, 5.74) is 5.96. The number of carbonyl (C=O) groups excluding carboxylic acids is 1. The molecule has 0 spiro atoms. The number of hydrogen-bond acceptors (Lipinski definition) is 3. The Balaban J connectivity index is 1.53. The summed E-state index contributed by atoms with van der Waals surface area (Å²) in [6.07, 6.45) is 6.01. The first-order valence-corrected chi connectivity index (χ1v) is 10.8. The first-order valence-electron chi connectivity index (χ1n) is 10.00. The van der Waals surface area contributed by atoms with E-state index in [0.717, 1.165) is 34.3 Å². The highest BCUT2D eigenvalue weighted by Gasteiger charge is 2.32. The van der Waals surface area contributed by atoms with E-state index in [4.69, 9.17) is 5.10 Å². The summed E-state index contributed by atoms with van der Waals surface area (Å²) in [6, 6.07) is 8.42. The Bertz CT molecular complexity index is 1080. The first kappa shape index (κ1) is 17.9. The molecule has 0 aliphatic heterocycles. The highest BCUT2D eigenvalue weighted by atomic mass is 79.9. The van der Waals surface area contributed by atoms with Crippen molar-refractivity contribution in [3.63, 3.8) is 0 Å². The number of nitrogens with zero attached hydrogens (tertiary/aromatic N) is 3. The van der Waals surface area contributed by atoms with Crippen molar-refractivity contribution in [2.75, 3.05) is 0 Å². The second kappa shape index (κ2) is 6.69. The molecule has 5 nitrogen and oxygen atoms in total. The lowest BCUT2D eigenvalue weighted by molar-refractivity contribution is 0.0934. The summed E-state index contributed by atoms with van der Waals surface area (Å²) in [5.74, 6) is 0.601. The molecule has 1 aromatic carbocycles. The van der Waals surface area contributed by atoms with Crippen LogP contribution in [0.5, 0.6) is 0 Å². The number of halogens is 1. The maximum Gasteiger partial charge on any atom is 0.255 e. The molecule has 0 saturated heterocycles. The van der Waals surface area contributed by atoms with Crippen molar-refractivity contribution in [1.29, 1.82) is 0 Å². The van der Waals surface area contributed by atoms with Crippen LogP contribution < -0.4 is 5.32 Å². The van der Waals surface area contributed by atoms with E-state index < -0.39 is 0 Å². The first-order chi connectivity index (χ1) is 13.5. The Hall–Kier alpha value is -2.21. The van der Waals surface area contributed by atoms with Crippen LogP contribution in [0.3, 0.4) is 0 Å². The molecular weight excluding hydrogens is 416 g/mol. The molecular formula is C22H23BrN4O. The average Bonchev–Trinajstić information content (AvgIpc) is 3.38. The minimum absolute atomic E-state index is 0.0609. The van der Waals surface area contributed by atoms with Gasteiger partial charge in [-0.05, 0) is 58.7 Å². The summed E-state index contributed by atoms with van der Waals surface area (Å²) in [4.78, 5) is 17.8. The molecule has 0 bridgehead atoms. The van der Waals surface area contributed by atoms with Crippen LogP contribution in [-0.4, -0.2) is 20.5 Å². The van der Waals surface area contributed by atoms with Gasteiger partial charge in [-0.15, -0.1) is 0 Å². The van der Waals surface area contributed by atoms with Gasteiger partial charge in [0.2, 0.25) is 0 Å². The van der Waals surface area contributed by atoms with E-state index in [1.54, 1.807) is 6.20 Å². The van der Waals surface area contributed by atoms with Crippen molar-refractivity contribution in [3.05, 3.63) is 63.0 Å². The van der Waals surface area contributed by atoms with Gasteiger partial charge in [-0.2, -0.15) is 5.10 Å². The highest BCUT2D eigenvalue weighted by molar-refractivity contribution is 9.10. The minimum Gasteiger partial charge on any atom is -0.345 e.